The number of hydrogen-bond donors (Lipinski definition) is 2. The summed E-state index contributed by atoms with van der Waals surface area (Å²) in [5.41, 5.74) is 1.69. The van der Waals surface area contributed by atoms with Gasteiger partial charge in [0.25, 0.3) is 0 Å². The maximum Gasteiger partial charge on any atom is 0.232 e. The van der Waals surface area contributed by atoms with Gasteiger partial charge in [0.1, 0.15) is 0 Å². The van der Waals surface area contributed by atoms with Crippen LogP contribution in [0.3, 0.4) is 0 Å². The molecule has 154 valence electrons. The summed E-state index contributed by atoms with van der Waals surface area (Å²) in [5, 5.41) is 9.73. The summed E-state index contributed by atoms with van der Waals surface area (Å²) in [6.45, 7) is 0. The van der Waals surface area contributed by atoms with E-state index in [4.69, 9.17) is 11.6 Å². The van der Waals surface area contributed by atoms with Crippen LogP contribution < -0.4 is 5.32 Å². The Labute approximate surface area is 178 Å². The number of thioether (sulfide) groups is 1. The fourth-order valence-corrected chi connectivity index (χ4v) is 4.30. The lowest BCUT2D eigenvalue weighted by atomic mass is 10.1. The van der Waals surface area contributed by atoms with Crippen LogP contribution in [-0.4, -0.2) is 61.6 Å². The second-order valence-electron chi connectivity index (χ2n) is 6.49. The molecule has 12 heteroatoms. The Bertz CT molecular complexity index is 1290. The first-order valence-electron chi connectivity index (χ1n) is 8.63. The van der Waals surface area contributed by atoms with Crippen molar-refractivity contribution in [2.24, 2.45) is 0 Å². The Balaban J connectivity index is 1.82. The highest BCUT2D eigenvalue weighted by atomic mass is 35.5. The number of carbonyl (C=O) groups is 2. The second-order valence-corrected chi connectivity index (χ2v) is 7.86. The molecule has 1 aromatic carbocycles. The molecular weight excluding hydrogens is 433 g/mol. The van der Waals surface area contributed by atoms with Gasteiger partial charge in [-0.15, -0.1) is 11.8 Å². The van der Waals surface area contributed by atoms with Gasteiger partial charge >= 0.3 is 0 Å². The molecule has 0 saturated heterocycles. The fraction of sp³-hybridized carbons (Fsp3) is 0.167. The topological polar surface area (TPSA) is 108 Å². The molecule has 0 aliphatic rings. The highest BCUT2D eigenvalue weighted by Gasteiger charge is 2.23. The number of imidazole rings is 1. The molecule has 0 aliphatic carbocycles. The third kappa shape index (κ3) is 3.46. The van der Waals surface area contributed by atoms with Crippen molar-refractivity contribution >= 4 is 58.0 Å². The predicted octanol–water partition coefficient (Wildman–Crippen LogP) is 2.81. The minimum Gasteiger partial charge on any atom is -0.348 e. The molecule has 0 fully saturated rings. The lowest BCUT2D eigenvalue weighted by molar-refractivity contribution is -0.125. The van der Waals surface area contributed by atoms with Crippen LogP contribution in [0.5, 0.6) is 0 Å². The highest BCUT2D eigenvalue weighted by molar-refractivity contribution is 8.00. The van der Waals surface area contributed by atoms with Crippen LogP contribution in [0, 0.1) is 5.82 Å². The first-order chi connectivity index (χ1) is 14.4. The normalized spacial score (nSPS) is 11.2. The number of nitrogens with zero attached hydrogens (tertiary/aromatic N) is 5. The molecule has 0 atom stereocenters. The summed E-state index contributed by atoms with van der Waals surface area (Å²) in [6, 6.07) is 0. The summed E-state index contributed by atoms with van der Waals surface area (Å²) in [6.07, 6.45) is 6.78. The number of carbonyl (C=O) groups excluding carboxylic acids is 2. The van der Waals surface area contributed by atoms with Crippen LogP contribution >= 0.6 is 23.4 Å². The molecule has 0 unspecified atom stereocenters. The number of nitrogens with one attached hydrogen (secondary N) is 2. The monoisotopic (exact) mass is 447 g/mol. The minimum atomic E-state index is -0.657. The number of aromatic nitrogens is 5. The Morgan fingerprint density at radius 2 is 2.20 bits per heavy atom. The Morgan fingerprint density at radius 3 is 2.93 bits per heavy atom. The maximum atomic E-state index is 15.2. The predicted molar refractivity (Wildman–Crippen MR) is 112 cm³/mol. The minimum absolute atomic E-state index is 0.0550. The van der Waals surface area contributed by atoms with E-state index >= 15 is 4.39 Å². The van der Waals surface area contributed by atoms with E-state index in [1.165, 1.54) is 17.3 Å². The van der Waals surface area contributed by atoms with Crippen LogP contribution in [0.4, 0.5) is 10.2 Å². The number of H-pyrrole nitrogens is 1. The molecular formula is C18H15ClFN7O2S. The molecule has 0 spiro atoms. The molecule has 0 saturated carbocycles. The van der Waals surface area contributed by atoms with E-state index in [1.54, 1.807) is 30.9 Å². The van der Waals surface area contributed by atoms with Crippen LogP contribution in [0.15, 0.2) is 29.7 Å². The molecule has 0 bridgehead atoms. The lowest BCUT2D eigenvalue weighted by Crippen LogP contribution is -2.23. The van der Waals surface area contributed by atoms with Crippen LogP contribution in [0.2, 0.25) is 5.02 Å². The Morgan fingerprint density at radius 1 is 1.40 bits per heavy atom. The van der Waals surface area contributed by atoms with Gasteiger partial charge in [-0.1, -0.05) is 11.6 Å². The Kier molecular flexibility index (Phi) is 5.31. The molecule has 0 aliphatic heterocycles. The van der Waals surface area contributed by atoms with Crippen molar-refractivity contribution in [3.05, 3.63) is 35.6 Å². The van der Waals surface area contributed by atoms with Crippen molar-refractivity contribution in [1.82, 2.24) is 29.5 Å². The summed E-state index contributed by atoms with van der Waals surface area (Å²) < 4.78 is 16.8. The van der Waals surface area contributed by atoms with Crippen molar-refractivity contribution in [1.29, 1.82) is 0 Å². The van der Waals surface area contributed by atoms with Crippen LogP contribution in [-0.2, 0) is 9.59 Å². The third-order valence-corrected chi connectivity index (χ3v) is 5.81. The largest absolute Gasteiger partial charge is 0.348 e. The van der Waals surface area contributed by atoms with Crippen LogP contribution in [0.25, 0.3) is 27.8 Å². The fourth-order valence-electron chi connectivity index (χ4n) is 2.89. The van der Waals surface area contributed by atoms with Gasteiger partial charge in [-0.3, -0.25) is 19.7 Å². The van der Waals surface area contributed by atoms with Crippen LogP contribution in [0.1, 0.15) is 0 Å². The molecule has 3 aromatic heterocycles. The van der Waals surface area contributed by atoms with Gasteiger partial charge in [-0.25, -0.2) is 9.37 Å². The first-order valence-corrected chi connectivity index (χ1v) is 9.99. The van der Waals surface area contributed by atoms with Gasteiger partial charge in [0, 0.05) is 31.2 Å². The van der Waals surface area contributed by atoms with E-state index in [0.717, 1.165) is 11.8 Å². The number of aromatic amines is 1. The standard InChI is InChI=1S/C18H15ClFN7O2S/c1-26(2)13(29)7-30-18-16(20)15(19)14(9-3-23-25-17(9)18)10-5-27-6-11(22-8-28)24-12(27)4-21-10/h3-6,8H,7H2,1-2H3,(H,22,28)(H,23,25). The first kappa shape index (κ1) is 20.1. The van der Waals surface area contributed by atoms with Crippen molar-refractivity contribution in [2.75, 3.05) is 25.2 Å². The van der Waals surface area contributed by atoms with Crippen molar-refractivity contribution in [3.63, 3.8) is 0 Å². The van der Waals surface area contributed by atoms with E-state index in [2.05, 4.69) is 25.5 Å². The zero-order valence-corrected chi connectivity index (χ0v) is 17.4. The van der Waals surface area contributed by atoms with Gasteiger partial charge in [-0.2, -0.15) is 5.10 Å². The Hall–Kier alpha value is -3.18. The summed E-state index contributed by atoms with van der Waals surface area (Å²) in [5.74, 6) is -0.401. The van der Waals surface area contributed by atoms with Crippen molar-refractivity contribution in [3.8, 4) is 11.3 Å². The number of hydrogen-bond acceptors (Lipinski definition) is 6. The summed E-state index contributed by atoms with van der Waals surface area (Å²) in [4.78, 5) is 32.7. The molecule has 2 amide bonds. The number of halogens is 2. The molecule has 9 nitrogen and oxygen atoms in total. The van der Waals surface area contributed by atoms with E-state index in [0.29, 0.717) is 40.0 Å². The zero-order chi connectivity index (χ0) is 21.4. The average Bonchev–Trinajstić information content (AvgIpc) is 3.34. The van der Waals surface area contributed by atoms with E-state index in [1.807, 2.05) is 0 Å². The molecule has 0 radical (unpaired) electrons. The lowest BCUT2D eigenvalue weighted by Gasteiger charge is -2.13. The molecule has 3 heterocycles. The van der Waals surface area contributed by atoms with E-state index in [9.17, 15) is 9.59 Å². The highest BCUT2D eigenvalue weighted by Crippen LogP contribution is 2.41. The van der Waals surface area contributed by atoms with Gasteiger partial charge < -0.3 is 14.6 Å². The van der Waals surface area contributed by atoms with Gasteiger partial charge in [-0.05, 0) is 0 Å². The third-order valence-electron chi connectivity index (χ3n) is 4.39. The summed E-state index contributed by atoms with van der Waals surface area (Å²) in [7, 11) is 3.27. The number of benzene rings is 1. The second kappa shape index (κ2) is 7.92. The van der Waals surface area contributed by atoms with Crippen molar-refractivity contribution < 1.29 is 14.0 Å². The quantitative estimate of drug-likeness (QED) is 0.347. The number of anilines is 1. The van der Waals surface area contributed by atoms with Crippen molar-refractivity contribution in [2.45, 2.75) is 4.90 Å². The summed E-state index contributed by atoms with van der Waals surface area (Å²) >= 11 is 7.45. The smallest absolute Gasteiger partial charge is 0.232 e. The van der Waals surface area contributed by atoms with E-state index < -0.39 is 5.82 Å². The SMILES string of the molecule is CN(C)C(=O)CSc1c(F)c(Cl)c(-c2cn3cc(NC=O)nc3cn2)c2cn[nH]c12. The van der Waals surface area contributed by atoms with E-state index in [-0.39, 0.29) is 21.6 Å². The average molecular weight is 448 g/mol. The molecule has 4 aromatic rings. The molecule has 2 N–H and O–H groups in total. The van der Waals surface area contributed by atoms with Gasteiger partial charge in [0.2, 0.25) is 12.3 Å². The zero-order valence-electron chi connectivity index (χ0n) is 15.8. The number of amides is 2. The molecule has 4 rings (SSSR count). The maximum absolute atomic E-state index is 15.2. The van der Waals surface area contributed by atoms with Gasteiger partial charge in [0.05, 0.1) is 45.5 Å². The number of fused-ring (bicyclic) bond motifs is 2. The number of rotatable bonds is 6. The molecule has 30 heavy (non-hydrogen) atoms. The van der Waals surface area contributed by atoms with Gasteiger partial charge in [0.15, 0.2) is 17.3 Å².